The minimum absolute atomic E-state index is 0.0123. The van der Waals surface area contributed by atoms with Crippen LogP contribution >= 0.6 is 0 Å². The number of nitrogens with zero attached hydrogens (tertiary/aromatic N) is 2. The van der Waals surface area contributed by atoms with Crippen LogP contribution in [0.2, 0.25) is 0 Å². The molecule has 4 rings (SSSR count). The minimum Gasteiger partial charge on any atom is -0.496 e. The first-order valence-corrected chi connectivity index (χ1v) is 15.8. The molecule has 1 aliphatic rings. The number of methoxy groups -OCH3 is 1. The number of aryl methyl sites for hydroxylation is 1. The summed E-state index contributed by atoms with van der Waals surface area (Å²) in [5.41, 5.74) is -1.56. The first-order chi connectivity index (χ1) is 24.6. The van der Waals surface area contributed by atoms with Crippen molar-refractivity contribution in [3.8, 4) is 40.3 Å². The van der Waals surface area contributed by atoms with Gasteiger partial charge in [0.1, 0.15) is 17.4 Å². The molecule has 0 radical (unpaired) electrons. The summed E-state index contributed by atoms with van der Waals surface area (Å²) in [5.74, 6) is 1.24. The predicted octanol–water partition coefficient (Wildman–Crippen LogP) is 9.77. The summed E-state index contributed by atoms with van der Waals surface area (Å²) in [6.45, 7) is 2.69. The molecule has 1 fully saturated rings. The summed E-state index contributed by atoms with van der Waals surface area (Å²) in [6, 6.07) is 12.0. The molecule has 0 bridgehead atoms. The number of halogens is 9. The molecule has 282 valence electrons. The van der Waals surface area contributed by atoms with E-state index in [2.05, 4.69) is 0 Å². The van der Waals surface area contributed by atoms with E-state index < -0.39 is 66.4 Å². The number of alkyl halides is 9. The minimum atomic E-state index is -5.25. The average molecular weight is 753 g/mol. The van der Waals surface area contributed by atoms with Crippen LogP contribution in [0.3, 0.4) is 0 Å². The summed E-state index contributed by atoms with van der Waals surface area (Å²) < 4.78 is 133. The maximum absolute atomic E-state index is 14.0. The fraction of sp³-hybridized carbons (Fsp3) is 0.316. The van der Waals surface area contributed by atoms with Crippen molar-refractivity contribution >= 4 is 12.0 Å². The van der Waals surface area contributed by atoms with E-state index in [0.29, 0.717) is 28.3 Å². The molecule has 2 unspecified atom stereocenters. The van der Waals surface area contributed by atoms with Crippen LogP contribution in [0, 0.1) is 19.3 Å². The Morgan fingerprint density at radius 2 is 1.60 bits per heavy atom. The Morgan fingerprint density at radius 3 is 2.15 bits per heavy atom. The fourth-order valence-corrected chi connectivity index (χ4v) is 5.79. The Balaban J connectivity index is 1.75. The van der Waals surface area contributed by atoms with Crippen LogP contribution in [0.1, 0.15) is 40.4 Å². The Kier molecular flexibility index (Phi) is 11.7. The van der Waals surface area contributed by atoms with E-state index in [1.54, 1.807) is 57.4 Å². The second-order valence-corrected chi connectivity index (χ2v) is 12.4. The molecule has 1 aliphatic heterocycles. The topological polar surface area (TPSA) is 59.1 Å². The van der Waals surface area contributed by atoms with E-state index >= 15 is 0 Å². The largest absolute Gasteiger partial charge is 0.496 e. The van der Waals surface area contributed by atoms with E-state index in [9.17, 15) is 49.1 Å². The van der Waals surface area contributed by atoms with Gasteiger partial charge in [-0.15, -0.1) is 6.42 Å². The lowest BCUT2D eigenvalue weighted by molar-refractivity contribution is -0.137. The van der Waals surface area contributed by atoms with Crippen molar-refractivity contribution in [2.24, 2.45) is 0 Å². The molecule has 0 saturated carbocycles. The van der Waals surface area contributed by atoms with Gasteiger partial charge in [-0.25, -0.2) is 4.79 Å². The SMILES string of the molecule is C#C/C(=C\C(=C/CC1OC(=O)N(Cc2cc(C(F)(F)F)ccc2-c2cc(-c3ccc(C(=O)N(C)C)cc3C)ccc2OC)C1C)C(F)(F)F)C(F)(F)F. The second-order valence-electron chi connectivity index (χ2n) is 12.4. The van der Waals surface area contributed by atoms with Crippen molar-refractivity contribution in [2.45, 2.75) is 57.5 Å². The van der Waals surface area contributed by atoms with Gasteiger partial charge < -0.3 is 14.4 Å². The van der Waals surface area contributed by atoms with Gasteiger partial charge in [0.05, 0.1) is 30.8 Å². The quantitative estimate of drug-likeness (QED) is 0.124. The normalized spacial score (nSPS) is 17.1. The second kappa shape index (κ2) is 15.3. The maximum atomic E-state index is 14.0. The number of hydrogen-bond donors (Lipinski definition) is 0. The molecule has 0 aliphatic carbocycles. The third kappa shape index (κ3) is 9.16. The highest BCUT2D eigenvalue weighted by Crippen LogP contribution is 2.41. The Morgan fingerprint density at radius 1 is 0.943 bits per heavy atom. The highest BCUT2D eigenvalue weighted by molar-refractivity contribution is 5.95. The monoisotopic (exact) mass is 752 g/mol. The Bertz CT molecular complexity index is 1990. The molecule has 1 heterocycles. The Labute approximate surface area is 299 Å². The standard InChI is InChI=1S/C38H33F9N2O4/c1-7-26(36(39,40)41)19-28(38(45,46)47)11-15-32-22(3)49(35(51)53-32)20-25-17-27(37(42,43)44)10-13-30(25)31-18-23(9-14-33(31)52-6)29-12-8-24(16-21(29)2)34(50)48(4)5/h1,8-14,16-19,22,32H,15,20H2,2-6H3/b26-19+,28-11+. The van der Waals surface area contributed by atoms with Gasteiger partial charge in [0, 0.05) is 31.6 Å². The predicted molar refractivity (Wildman–Crippen MR) is 179 cm³/mol. The molecule has 0 aromatic heterocycles. The molecule has 0 spiro atoms. The zero-order valence-corrected chi connectivity index (χ0v) is 28.9. The highest BCUT2D eigenvalue weighted by atomic mass is 19.4. The van der Waals surface area contributed by atoms with Gasteiger partial charge in [0.15, 0.2) is 0 Å². The summed E-state index contributed by atoms with van der Waals surface area (Å²) in [6.07, 6.45) is -13.4. The molecule has 3 aromatic carbocycles. The van der Waals surface area contributed by atoms with Gasteiger partial charge in [-0.05, 0) is 84.1 Å². The molecule has 2 amide bonds. The fourth-order valence-electron chi connectivity index (χ4n) is 5.79. The van der Waals surface area contributed by atoms with Gasteiger partial charge in [-0.2, -0.15) is 39.5 Å². The number of allylic oxidation sites excluding steroid dienone is 3. The van der Waals surface area contributed by atoms with Crippen molar-refractivity contribution in [2.75, 3.05) is 21.2 Å². The summed E-state index contributed by atoms with van der Waals surface area (Å²) in [7, 11) is 4.59. The van der Waals surface area contributed by atoms with E-state index in [-0.39, 0.29) is 28.9 Å². The number of carbonyl (C=O) groups excluding carboxylic acids is 2. The third-order valence-corrected chi connectivity index (χ3v) is 8.63. The number of hydrogen-bond acceptors (Lipinski definition) is 4. The zero-order chi connectivity index (χ0) is 39.6. The number of amides is 2. The van der Waals surface area contributed by atoms with E-state index in [4.69, 9.17) is 15.9 Å². The van der Waals surface area contributed by atoms with Crippen molar-refractivity contribution < 1.29 is 58.6 Å². The molecular weight excluding hydrogens is 719 g/mol. The average Bonchev–Trinajstić information content (AvgIpc) is 3.33. The molecule has 0 N–H and O–H groups in total. The Hall–Kier alpha value is -5.39. The number of terminal acetylenes is 1. The van der Waals surface area contributed by atoms with E-state index in [1.807, 2.05) is 0 Å². The smallest absolute Gasteiger partial charge is 0.424 e. The lowest BCUT2D eigenvalue weighted by Gasteiger charge is -2.24. The summed E-state index contributed by atoms with van der Waals surface area (Å²) >= 11 is 0. The molecule has 6 nitrogen and oxygen atoms in total. The molecule has 53 heavy (non-hydrogen) atoms. The van der Waals surface area contributed by atoms with Crippen LogP contribution in [0.15, 0.2) is 77.9 Å². The third-order valence-electron chi connectivity index (χ3n) is 8.63. The van der Waals surface area contributed by atoms with Gasteiger partial charge in [-0.1, -0.05) is 30.2 Å². The van der Waals surface area contributed by atoms with E-state index in [0.717, 1.165) is 22.6 Å². The van der Waals surface area contributed by atoms with Crippen LogP contribution < -0.4 is 4.74 Å². The van der Waals surface area contributed by atoms with Gasteiger partial charge >= 0.3 is 24.6 Å². The number of benzene rings is 3. The zero-order valence-electron chi connectivity index (χ0n) is 28.9. The van der Waals surface area contributed by atoms with Crippen molar-refractivity contribution in [1.29, 1.82) is 0 Å². The number of carbonyl (C=O) groups is 2. The van der Waals surface area contributed by atoms with Crippen LogP contribution in [-0.2, 0) is 17.5 Å². The molecule has 15 heteroatoms. The van der Waals surface area contributed by atoms with Crippen LogP contribution in [0.4, 0.5) is 44.3 Å². The number of rotatable bonds is 9. The van der Waals surface area contributed by atoms with Crippen molar-refractivity contribution in [3.63, 3.8) is 0 Å². The van der Waals surface area contributed by atoms with Gasteiger partial charge in [0.2, 0.25) is 0 Å². The molecular formula is C38H33F9N2O4. The van der Waals surface area contributed by atoms with Crippen LogP contribution in [0.25, 0.3) is 22.3 Å². The van der Waals surface area contributed by atoms with Gasteiger partial charge in [0.25, 0.3) is 5.91 Å². The molecule has 1 saturated heterocycles. The lowest BCUT2D eigenvalue weighted by Crippen LogP contribution is -2.33. The van der Waals surface area contributed by atoms with Crippen LogP contribution in [-0.4, -0.2) is 67.5 Å². The summed E-state index contributed by atoms with van der Waals surface area (Å²) in [5, 5.41) is 0. The first-order valence-electron chi connectivity index (χ1n) is 15.8. The van der Waals surface area contributed by atoms with Crippen LogP contribution in [0.5, 0.6) is 5.75 Å². The number of cyclic esters (lactones) is 1. The summed E-state index contributed by atoms with van der Waals surface area (Å²) in [4.78, 5) is 28.0. The highest BCUT2D eigenvalue weighted by Gasteiger charge is 2.41. The van der Waals surface area contributed by atoms with Crippen molar-refractivity contribution in [3.05, 3.63) is 100 Å². The molecule has 2 atom stereocenters. The first kappa shape index (κ1) is 40.4. The van der Waals surface area contributed by atoms with E-state index in [1.165, 1.54) is 30.9 Å². The molecule has 3 aromatic rings. The maximum Gasteiger partial charge on any atom is 0.424 e. The van der Waals surface area contributed by atoms with Gasteiger partial charge in [-0.3, -0.25) is 9.69 Å². The van der Waals surface area contributed by atoms with Crippen molar-refractivity contribution in [1.82, 2.24) is 9.80 Å². The number of ether oxygens (including phenoxy) is 2. The lowest BCUT2D eigenvalue weighted by atomic mass is 9.91.